The van der Waals surface area contributed by atoms with Crippen molar-refractivity contribution in [3.05, 3.63) is 29.6 Å². The van der Waals surface area contributed by atoms with E-state index in [0.717, 1.165) is 43.6 Å². The molecule has 0 aromatic carbocycles. The van der Waals surface area contributed by atoms with Crippen LogP contribution in [0, 0.1) is 5.92 Å². The van der Waals surface area contributed by atoms with Crippen molar-refractivity contribution in [3.63, 3.8) is 0 Å². The molecule has 0 spiro atoms. The van der Waals surface area contributed by atoms with Gasteiger partial charge in [0.2, 0.25) is 17.7 Å². The number of piperidine rings is 1. The largest absolute Gasteiger partial charge is 0.492 e. The molecule has 1 amide bonds. The van der Waals surface area contributed by atoms with Gasteiger partial charge >= 0.3 is 0 Å². The Hall–Kier alpha value is -3.16. The first-order valence-corrected chi connectivity index (χ1v) is 10.1. The second kappa shape index (κ2) is 8.06. The van der Waals surface area contributed by atoms with E-state index in [9.17, 15) is 9.90 Å². The molecule has 2 aromatic heterocycles. The van der Waals surface area contributed by atoms with Gasteiger partial charge in [-0.1, -0.05) is 0 Å². The van der Waals surface area contributed by atoms with Crippen molar-refractivity contribution in [1.29, 1.82) is 0 Å². The molecule has 1 fully saturated rings. The highest BCUT2D eigenvalue weighted by Gasteiger charge is 2.30. The van der Waals surface area contributed by atoms with Gasteiger partial charge < -0.3 is 19.9 Å². The van der Waals surface area contributed by atoms with E-state index in [1.54, 1.807) is 12.4 Å². The van der Waals surface area contributed by atoms with Crippen LogP contribution in [0.15, 0.2) is 23.3 Å². The second-order valence-corrected chi connectivity index (χ2v) is 7.33. The first-order valence-electron chi connectivity index (χ1n) is 10.1. The molecule has 4 rings (SSSR count). The number of aromatic hydroxyl groups is 1. The van der Waals surface area contributed by atoms with Crippen LogP contribution in [0.2, 0.25) is 0 Å². The molecule has 8 heteroatoms. The minimum Gasteiger partial charge on any atom is -0.492 e. The molecule has 2 aliphatic rings. The van der Waals surface area contributed by atoms with Crippen LogP contribution in [0.5, 0.6) is 5.88 Å². The van der Waals surface area contributed by atoms with Gasteiger partial charge in [0.1, 0.15) is 5.69 Å². The third-order valence-electron chi connectivity index (χ3n) is 5.57. The number of amides is 1. The quantitative estimate of drug-likeness (QED) is 0.813. The Morgan fingerprint density at radius 3 is 3.03 bits per heavy atom. The number of allylic oxidation sites excluding steroid dienone is 1. The van der Waals surface area contributed by atoms with Gasteiger partial charge in [-0.2, -0.15) is 4.98 Å². The summed E-state index contributed by atoms with van der Waals surface area (Å²) < 4.78 is 0. The Bertz CT molecular complexity index is 960. The summed E-state index contributed by atoms with van der Waals surface area (Å²) in [7, 11) is 0. The fourth-order valence-electron chi connectivity index (χ4n) is 3.98. The van der Waals surface area contributed by atoms with Crippen molar-refractivity contribution in [3.8, 4) is 5.88 Å². The molecule has 29 heavy (non-hydrogen) atoms. The average molecular weight is 394 g/mol. The summed E-state index contributed by atoms with van der Waals surface area (Å²) in [5, 5.41) is 10.4. The van der Waals surface area contributed by atoms with Crippen molar-refractivity contribution in [2.45, 2.75) is 26.7 Å². The van der Waals surface area contributed by atoms with Crippen molar-refractivity contribution in [2.75, 3.05) is 31.1 Å². The van der Waals surface area contributed by atoms with Crippen molar-refractivity contribution < 1.29 is 9.90 Å². The van der Waals surface area contributed by atoms with Crippen molar-refractivity contribution >= 4 is 35.5 Å². The molecule has 2 aliphatic heterocycles. The lowest BCUT2D eigenvalue weighted by Gasteiger charge is -2.34. The number of nitrogens with one attached hydrogen (secondary N) is 1. The molecule has 8 nitrogen and oxygen atoms in total. The molecule has 2 N–H and O–H groups in total. The Morgan fingerprint density at radius 2 is 2.24 bits per heavy atom. The minimum absolute atomic E-state index is 0.0439. The highest BCUT2D eigenvalue weighted by molar-refractivity contribution is 6.20. The van der Waals surface area contributed by atoms with Gasteiger partial charge in [-0.15, -0.1) is 0 Å². The first kappa shape index (κ1) is 19.2. The molecule has 1 unspecified atom stereocenters. The fourth-order valence-corrected chi connectivity index (χ4v) is 3.98. The van der Waals surface area contributed by atoms with E-state index >= 15 is 0 Å². The number of aromatic nitrogens is 3. The second-order valence-electron chi connectivity index (χ2n) is 7.33. The van der Waals surface area contributed by atoms with E-state index < -0.39 is 0 Å². The number of rotatable bonds is 5. The summed E-state index contributed by atoms with van der Waals surface area (Å²) >= 11 is 0. The first-order chi connectivity index (χ1) is 14.1. The third kappa shape index (κ3) is 3.74. The Kier molecular flexibility index (Phi) is 5.33. The zero-order chi connectivity index (χ0) is 20.4. The number of hydrogen-bond acceptors (Lipinski definition) is 6. The predicted octanol–water partition coefficient (Wildman–Crippen LogP) is 2.85. The standard InChI is InChI=1S/C21H26N6O2/c1-3-26(4-2)20(29)14-7-6-10-27(13-14)21-24-17(19(28)25-21)11-15-12-23-18-16(15)8-5-9-22-18/h5,8-9,11-12,14,28H,3-4,6-7,10,13H2,1-2H3,(H,24,25). The summed E-state index contributed by atoms with van der Waals surface area (Å²) in [5.41, 5.74) is 2.31. The van der Waals surface area contributed by atoms with Crippen LogP contribution in [0.3, 0.4) is 0 Å². The van der Waals surface area contributed by atoms with Gasteiger partial charge in [0.25, 0.3) is 0 Å². The topological polar surface area (TPSA) is 97.7 Å². The molecule has 2 aromatic rings. The molecule has 1 atom stereocenters. The molecular weight excluding hydrogens is 368 g/mol. The van der Waals surface area contributed by atoms with E-state index in [4.69, 9.17) is 0 Å². The van der Waals surface area contributed by atoms with Crippen LogP contribution in [-0.2, 0) is 4.79 Å². The van der Waals surface area contributed by atoms with Crippen LogP contribution in [-0.4, -0.2) is 63.3 Å². The van der Waals surface area contributed by atoms with Crippen LogP contribution in [0.25, 0.3) is 11.6 Å². The van der Waals surface area contributed by atoms with Gasteiger partial charge in [-0.3, -0.25) is 4.79 Å². The molecule has 0 radical (unpaired) electrons. The molecule has 4 heterocycles. The van der Waals surface area contributed by atoms with Crippen LogP contribution < -0.4 is 4.90 Å². The number of nitrogens with zero attached hydrogens (tertiary/aromatic N) is 5. The van der Waals surface area contributed by atoms with E-state index in [1.165, 1.54) is 0 Å². The predicted molar refractivity (Wildman–Crippen MR) is 113 cm³/mol. The third-order valence-corrected chi connectivity index (χ3v) is 5.57. The van der Waals surface area contributed by atoms with Gasteiger partial charge in [0.15, 0.2) is 5.82 Å². The Morgan fingerprint density at radius 1 is 1.41 bits per heavy atom. The summed E-state index contributed by atoms with van der Waals surface area (Å²) in [4.78, 5) is 32.7. The van der Waals surface area contributed by atoms with Gasteiger partial charge in [-0.25, -0.2) is 9.98 Å². The Balaban J connectivity index is 1.53. The molecule has 1 saturated heterocycles. The number of carbonyl (C=O) groups is 1. The summed E-state index contributed by atoms with van der Waals surface area (Å²) in [6, 6.07) is 3.81. The maximum Gasteiger partial charge on any atom is 0.238 e. The zero-order valence-electron chi connectivity index (χ0n) is 16.8. The molecule has 152 valence electrons. The lowest BCUT2D eigenvalue weighted by atomic mass is 9.96. The van der Waals surface area contributed by atoms with Crippen molar-refractivity contribution in [1.82, 2.24) is 19.9 Å². The normalized spacial score (nSPS) is 19.6. The SMILES string of the molecule is CCN(CC)C(=O)C1CCCN(c2nc(O)c(C=C3C=Nc4ncccc43)[nH]2)C1. The highest BCUT2D eigenvalue weighted by Crippen LogP contribution is 2.32. The summed E-state index contributed by atoms with van der Waals surface area (Å²) in [6.45, 7) is 6.87. The number of hydrogen-bond donors (Lipinski definition) is 2. The van der Waals surface area contributed by atoms with Crippen molar-refractivity contribution in [2.24, 2.45) is 10.9 Å². The number of imidazole rings is 1. The number of H-pyrrole nitrogens is 1. The fraction of sp³-hybridized carbons (Fsp3) is 0.429. The van der Waals surface area contributed by atoms with Crippen LogP contribution in [0.4, 0.5) is 11.8 Å². The number of carbonyl (C=O) groups excluding carboxylic acids is 1. The number of aliphatic imine (C=N–C) groups is 1. The molecular formula is C21H26N6O2. The smallest absolute Gasteiger partial charge is 0.238 e. The minimum atomic E-state index is -0.0598. The van der Waals surface area contributed by atoms with E-state index in [2.05, 4.69) is 24.8 Å². The lowest BCUT2D eigenvalue weighted by Crippen LogP contribution is -2.45. The molecule has 0 saturated carbocycles. The van der Waals surface area contributed by atoms with Crippen LogP contribution >= 0.6 is 0 Å². The number of pyridine rings is 1. The lowest BCUT2D eigenvalue weighted by molar-refractivity contribution is -0.135. The zero-order valence-corrected chi connectivity index (χ0v) is 16.8. The van der Waals surface area contributed by atoms with Gasteiger partial charge in [-0.05, 0) is 44.9 Å². The molecule has 0 aliphatic carbocycles. The van der Waals surface area contributed by atoms with Crippen LogP contribution in [0.1, 0.15) is 37.9 Å². The summed E-state index contributed by atoms with van der Waals surface area (Å²) in [6.07, 6.45) is 7.07. The van der Waals surface area contributed by atoms with E-state index in [1.807, 2.05) is 37.0 Å². The highest BCUT2D eigenvalue weighted by atomic mass is 16.3. The van der Waals surface area contributed by atoms with E-state index in [0.29, 0.717) is 24.0 Å². The molecule has 0 bridgehead atoms. The summed E-state index contributed by atoms with van der Waals surface area (Å²) in [5.74, 6) is 1.36. The van der Waals surface area contributed by atoms with Gasteiger partial charge in [0, 0.05) is 49.7 Å². The maximum absolute atomic E-state index is 12.7. The number of aromatic amines is 1. The van der Waals surface area contributed by atoms with Gasteiger partial charge in [0.05, 0.1) is 5.92 Å². The monoisotopic (exact) mass is 394 g/mol. The Labute approximate surface area is 170 Å². The number of anilines is 1. The number of fused-ring (bicyclic) bond motifs is 1. The maximum atomic E-state index is 12.7. The average Bonchev–Trinajstić information content (AvgIpc) is 3.33. The van der Waals surface area contributed by atoms with E-state index in [-0.39, 0.29) is 17.7 Å².